The molecule has 0 spiro atoms. The van der Waals surface area contributed by atoms with Crippen molar-refractivity contribution in [3.8, 4) is 0 Å². The van der Waals surface area contributed by atoms with Gasteiger partial charge >= 0.3 is 0 Å². The summed E-state index contributed by atoms with van der Waals surface area (Å²) in [7, 11) is 6.05. The number of nitrogens with one attached hydrogen (secondary N) is 2. The van der Waals surface area contributed by atoms with E-state index >= 15 is 0 Å². The summed E-state index contributed by atoms with van der Waals surface area (Å²) in [5, 5.41) is 6.10. The van der Waals surface area contributed by atoms with E-state index in [1.165, 1.54) is 19.3 Å². The maximum absolute atomic E-state index is 12.1. The highest BCUT2D eigenvalue weighted by Gasteiger charge is 2.39. The van der Waals surface area contributed by atoms with Gasteiger partial charge in [0.2, 0.25) is 0 Å². The molecule has 0 bridgehead atoms. The first-order valence-corrected chi connectivity index (χ1v) is 6.81. The Balaban J connectivity index is 1.93. The summed E-state index contributed by atoms with van der Waals surface area (Å²) >= 11 is 0. The maximum atomic E-state index is 12.1. The van der Waals surface area contributed by atoms with Gasteiger partial charge in [-0.2, -0.15) is 0 Å². The molecule has 0 aromatic heterocycles. The Hall–Kier alpha value is -1.55. The zero-order valence-corrected chi connectivity index (χ0v) is 12.0. The Morgan fingerprint density at radius 1 is 1.26 bits per heavy atom. The standard InChI is InChI=1S/C15H23N3O/c1-16-13-7-5-12(6-8-13)14(19)17-11-15(18(2)3)9-4-10-15/h5-8,16H,4,9-11H2,1-3H3,(H,17,19). The summed E-state index contributed by atoms with van der Waals surface area (Å²) in [4.78, 5) is 14.3. The highest BCUT2D eigenvalue weighted by atomic mass is 16.1. The molecule has 0 saturated heterocycles. The average molecular weight is 261 g/mol. The summed E-state index contributed by atoms with van der Waals surface area (Å²) in [6.07, 6.45) is 3.59. The molecule has 0 radical (unpaired) electrons. The second kappa shape index (κ2) is 5.61. The van der Waals surface area contributed by atoms with Crippen molar-refractivity contribution in [3.63, 3.8) is 0 Å². The van der Waals surface area contributed by atoms with E-state index in [2.05, 4.69) is 29.6 Å². The van der Waals surface area contributed by atoms with Crippen LogP contribution in [-0.2, 0) is 0 Å². The van der Waals surface area contributed by atoms with Crippen LogP contribution in [0.2, 0.25) is 0 Å². The highest BCUT2D eigenvalue weighted by Crippen LogP contribution is 2.35. The molecule has 19 heavy (non-hydrogen) atoms. The minimum atomic E-state index is 0.00998. The third kappa shape index (κ3) is 2.89. The molecule has 0 aliphatic heterocycles. The molecule has 1 aromatic rings. The summed E-state index contributed by atoms with van der Waals surface area (Å²) in [5.74, 6) is 0.00998. The number of amides is 1. The number of anilines is 1. The lowest BCUT2D eigenvalue weighted by Gasteiger charge is -2.47. The van der Waals surface area contributed by atoms with Gasteiger partial charge < -0.3 is 15.5 Å². The minimum absolute atomic E-state index is 0.00998. The van der Waals surface area contributed by atoms with Crippen molar-refractivity contribution in [3.05, 3.63) is 29.8 Å². The maximum Gasteiger partial charge on any atom is 0.251 e. The van der Waals surface area contributed by atoms with E-state index in [1.807, 2.05) is 31.3 Å². The van der Waals surface area contributed by atoms with Crippen LogP contribution in [-0.4, -0.2) is 44.0 Å². The van der Waals surface area contributed by atoms with Crippen molar-refractivity contribution in [1.29, 1.82) is 0 Å². The molecule has 1 aliphatic carbocycles. The van der Waals surface area contributed by atoms with Gasteiger partial charge in [-0.1, -0.05) is 0 Å². The second-order valence-corrected chi connectivity index (χ2v) is 5.48. The molecule has 0 atom stereocenters. The van der Waals surface area contributed by atoms with Crippen molar-refractivity contribution < 1.29 is 4.79 Å². The van der Waals surface area contributed by atoms with Crippen molar-refractivity contribution in [2.24, 2.45) is 0 Å². The number of benzene rings is 1. The zero-order valence-electron chi connectivity index (χ0n) is 12.0. The minimum Gasteiger partial charge on any atom is -0.388 e. The topological polar surface area (TPSA) is 44.4 Å². The van der Waals surface area contributed by atoms with Crippen molar-refractivity contribution >= 4 is 11.6 Å². The smallest absolute Gasteiger partial charge is 0.251 e. The number of carbonyl (C=O) groups is 1. The summed E-state index contributed by atoms with van der Waals surface area (Å²) in [5.41, 5.74) is 1.90. The van der Waals surface area contributed by atoms with Crippen LogP contribution in [0.5, 0.6) is 0 Å². The number of likely N-dealkylation sites (N-methyl/N-ethyl adjacent to an activating group) is 1. The number of carbonyl (C=O) groups excluding carboxylic acids is 1. The lowest BCUT2D eigenvalue weighted by Crippen LogP contribution is -2.57. The highest BCUT2D eigenvalue weighted by molar-refractivity contribution is 5.94. The van der Waals surface area contributed by atoms with Gasteiger partial charge in [0.15, 0.2) is 0 Å². The van der Waals surface area contributed by atoms with Crippen molar-refractivity contribution in [2.45, 2.75) is 24.8 Å². The summed E-state index contributed by atoms with van der Waals surface area (Å²) < 4.78 is 0. The Morgan fingerprint density at radius 3 is 2.32 bits per heavy atom. The predicted octanol–water partition coefficient (Wildman–Crippen LogP) is 1.94. The number of hydrogen-bond donors (Lipinski definition) is 2. The third-order valence-corrected chi connectivity index (χ3v) is 4.25. The average Bonchev–Trinajstić information content (AvgIpc) is 2.37. The van der Waals surface area contributed by atoms with E-state index in [9.17, 15) is 4.79 Å². The molecule has 1 aromatic carbocycles. The Bertz CT molecular complexity index is 435. The van der Waals surface area contributed by atoms with Gasteiger partial charge in [-0.25, -0.2) is 0 Å². The second-order valence-electron chi connectivity index (χ2n) is 5.48. The quantitative estimate of drug-likeness (QED) is 0.851. The number of rotatable bonds is 5. The molecule has 0 unspecified atom stereocenters. The monoisotopic (exact) mass is 261 g/mol. The van der Waals surface area contributed by atoms with Crippen LogP contribution in [0.4, 0.5) is 5.69 Å². The van der Waals surface area contributed by atoms with Crippen LogP contribution in [0, 0.1) is 0 Å². The zero-order chi connectivity index (χ0) is 13.9. The predicted molar refractivity (Wildman–Crippen MR) is 78.6 cm³/mol. The van der Waals surface area contributed by atoms with E-state index in [0.29, 0.717) is 5.56 Å². The van der Waals surface area contributed by atoms with E-state index in [0.717, 1.165) is 12.2 Å². The van der Waals surface area contributed by atoms with Crippen LogP contribution in [0.3, 0.4) is 0 Å². The van der Waals surface area contributed by atoms with Crippen LogP contribution >= 0.6 is 0 Å². The molecule has 1 saturated carbocycles. The van der Waals surface area contributed by atoms with Crippen LogP contribution < -0.4 is 10.6 Å². The van der Waals surface area contributed by atoms with Gasteiger partial charge in [0.1, 0.15) is 0 Å². The molecule has 4 nitrogen and oxygen atoms in total. The first-order chi connectivity index (χ1) is 9.07. The van der Waals surface area contributed by atoms with Gasteiger partial charge in [0.25, 0.3) is 5.91 Å². The molecule has 4 heteroatoms. The molecule has 1 fully saturated rings. The van der Waals surface area contributed by atoms with E-state index in [4.69, 9.17) is 0 Å². The SMILES string of the molecule is CNc1ccc(C(=O)NCC2(N(C)C)CCC2)cc1. The molecule has 1 amide bonds. The van der Waals surface area contributed by atoms with E-state index in [-0.39, 0.29) is 11.4 Å². The van der Waals surface area contributed by atoms with Gasteiger partial charge in [0.05, 0.1) is 0 Å². The molecular weight excluding hydrogens is 238 g/mol. The first-order valence-electron chi connectivity index (χ1n) is 6.81. The van der Waals surface area contributed by atoms with Crippen LogP contribution in [0.1, 0.15) is 29.6 Å². The first kappa shape index (κ1) is 13.9. The Morgan fingerprint density at radius 2 is 1.89 bits per heavy atom. The van der Waals surface area contributed by atoms with Gasteiger partial charge in [-0.3, -0.25) is 4.79 Å². The van der Waals surface area contributed by atoms with Crippen LogP contribution in [0.25, 0.3) is 0 Å². The van der Waals surface area contributed by atoms with Gasteiger partial charge in [0, 0.05) is 30.4 Å². The van der Waals surface area contributed by atoms with Crippen LogP contribution in [0.15, 0.2) is 24.3 Å². The normalized spacial score (nSPS) is 16.8. The fraction of sp³-hybridized carbons (Fsp3) is 0.533. The fourth-order valence-corrected chi connectivity index (χ4v) is 2.50. The van der Waals surface area contributed by atoms with Crippen molar-refractivity contribution in [1.82, 2.24) is 10.2 Å². The molecular formula is C15H23N3O. The molecule has 2 N–H and O–H groups in total. The number of nitrogens with zero attached hydrogens (tertiary/aromatic N) is 1. The van der Waals surface area contributed by atoms with E-state index < -0.39 is 0 Å². The summed E-state index contributed by atoms with van der Waals surface area (Å²) in [6.45, 7) is 0.729. The number of hydrogen-bond acceptors (Lipinski definition) is 3. The lowest BCUT2D eigenvalue weighted by atomic mass is 9.75. The fourth-order valence-electron chi connectivity index (χ4n) is 2.50. The molecule has 0 heterocycles. The van der Waals surface area contributed by atoms with Gasteiger partial charge in [-0.05, 0) is 57.6 Å². The van der Waals surface area contributed by atoms with Crippen molar-refractivity contribution in [2.75, 3.05) is 33.0 Å². The lowest BCUT2D eigenvalue weighted by molar-refractivity contribution is 0.0557. The Labute approximate surface area is 115 Å². The molecule has 1 aliphatic rings. The molecule has 2 rings (SSSR count). The third-order valence-electron chi connectivity index (χ3n) is 4.25. The molecule has 104 valence electrons. The van der Waals surface area contributed by atoms with E-state index in [1.54, 1.807) is 0 Å². The van der Waals surface area contributed by atoms with Gasteiger partial charge in [-0.15, -0.1) is 0 Å². The summed E-state index contributed by atoms with van der Waals surface area (Å²) in [6, 6.07) is 7.54. The Kier molecular flexibility index (Phi) is 4.10. The largest absolute Gasteiger partial charge is 0.388 e.